The zero-order valence-corrected chi connectivity index (χ0v) is 17.8. The average molecular weight is 414 g/mol. The highest BCUT2D eigenvalue weighted by atomic mass is 16.5. The minimum absolute atomic E-state index is 0.557. The van der Waals surface area contributed by atoms with E-state index in [0.29, 0.717) is 17.2 Å². The maximum absolute atomic E-state index is 5.52. The zero-order valence-electron chi connectivity index (χ0n) is 17.8. The molecular formula is C24H22N4O3. The molecule has 2 aromatic carbocycles. The van der Waals surface area contributed by atoms with Gasteiger partial charge in [-0.05, 0) is 30.3 Å². The maximum atomic E-state index is 5.52. The molecule has 7 nitrogen and oxygen atoms in total. The Kier molecular flexibility index (Phi) is 4.51. The molecule has 0 fully saturated rings. The lowest BCUT2D eigenvalue weighted by atomic mass is 10.1. The van der Waals surface area contributed by atoms with Crippen LogP contribution in [-0.4, -0.2) is 40.3 Å². The normalized spacial score (nSPS) is 11.2. The summed E-state index contributed by atoms with van der Waals surface area (Å²) in [7, 11) is 6.85. The molecule has 0 aliphatic carbocycles. The molecular weight excluding hydrogens is 392 g/mol. The first-order chi connectivity index (χ1) is 15.1. The lowest BCUT2D eigenvalue weighted by molar-refractivity contribution is 0.324. The van der Waals surface area contributed by atoms with Crippen LogP contribution < -0.4 is 14.2 Å². The number of imidazole rings is 1. The first kappa shape index (κ1) is 19.0. The van der Waals surface area contributed by atoms with Crippen LogP contribution in [-0.2, 0) is 7.05 Å². The van der Waals surface area contributed by atoms with Gasteiger partial charge in [-0.25, -0.2) is 4.98 Å². The SMILES string of the molecule is COc1cc(-c2cnc3c(-c4ccc5c(ccn5C)c4)nccn23)cc(OC)c1OC. The maximum Gasteiger partial charge on any atom is 0.203 e. The third kappa shape index (κ3) is 2.97. The third-order valence-corrected chi connectivity index (χ3v) is 5.55. The second-order valence-corrected chi connectivity index (χ2v) is 7.23. The van der Waals surface area contributed by atoms with Gasteiger partial charge in [0, 0.05) is 47.7 Å². The molecule has 0 N–H and O–H groups in total. The quantitative estimate of drug-likeness (QED) is 0.421. The standard InChI is InChI=1S/C24H22N4O3/c1-27-9-7-15-11-16(5-6-18(15)27)22-24-26-14-19(28(24)10-8-25-22)17-12-20(29-2)23(31-4)21(13-17)30-3/h5-14H,1-4H3. The van der Waals surface area contributed by atoms with Crippen LogP contribution in [0.25, 0.3) is 39.1 Å². The summed E-state index contributed by atoms with van der Waals surface area (Å²) in [5, 5.41) is 1.17. The van der Waals surface area contributed by atoms with Crippen molar-refractivity contribution in [3.05, 3.63) is 61.2 Å². The lowest BCUT2D eigenvalue weighted by Crippen LogP contribution is -1.97. The van der Waals surface area contributed by atoms with Crippen molar-refractivity contribution in [2.45, 2.75) is 0 Å². The van der Waals surface area contributed by atoms with Gasteiger partial charge in [0.2, 0.25) is 5.75 Å². The summed E-state index contributed by atoms with van der Waals surface area (Å²) in [4.78, 5) is 9.33. The number of aromatic nitrogens is 4. The second-order valence-electron chi connectivity index (χ2n) is 7.23. The highest BCUT2D eigenvalue weighted by molar-refractivity contribution is 5.88. The Morgan fingerprint density at radius 1 is 0.806 bits per heavy atom. The van der Waals surface area contributed by atoms with Crippen LogP contribution in [0.3, 0.4) is 0 Å². The van der Waals surface area contributed by atoms with E-state index in [1.165, 1.54) is 10.9 Å². The Morgan fingerprint density at radius 3 is 2.29 bits per heavy atom. The van der Waals surface area contributed by atoms with Gasteiger partial charge < -0.3 is 18.8 Å². The summed E-state index contributed by atoms with van der Waals surface area (Å²) >= 11 is 0. The first-order valence-electron chi connectivity index (χ1n) is 9.82. The first-order valence-corrected chi connectivity index (χ1v) is 9.82. The molecule has 5 rings (SSSR count). The van der Waals surface area contributed by atoms with Gasteiger partial charge in [-0.1, -0.05) is 6.07 Å². The van der Waals surface area contributed by atoms with Crippen molar-refractivity contribution in [1.82, 2.24) is 18.9 Å². The molecule has 3 aromatic heterocycles. The predicted octanol–water partition coefficient (Wildman–Crippen LogP) is 4.58. The average Bonchev–Trinajstić information content (AvgIpc) is 3.41. The van der Waals surface area contributed by atoms with Gasteiger partial charge in [-0.3, -0.25) is 9.38 Å². The number of methoxy groups -OCH3 is 3. The van der Waals surface area contributed by atoms with Crippen molar-refractivity contribution in [3.8, 4) is 39.8 Å². The van der Waals surface area contributed by atoms with Crippen LogP contribution in [0.5, 0.6) is 17.2 Å². The molecule has 0 aliphatic heterocycles. The Hall–Kier alpha value is -4.00. The Balaban J connectivity index is 1.68. The largest absolute Gasteiger partial charge is 0.493 e. The smallest absolute Gasteiger partial charge is 0.203 e. The summed E-state index contributed by atoms with van der Waals surface area (Å²) in [6.07, 6.45) is 7.59. The molecule has 0 unspecified atom stereocenters. The summed E-state index contributed by atoms with van der Waals surface area (Å²) in [5.74, 6) is 1.74. The number of nitrogens with zero attached hydrogens (tertiary/aromatic N) is 4. The molecule has 0 radical (unpaired) electrons. The highest BCUT2D eigenvalue weighted by Crippen LogP contribution is 2.41. The van der Waals surface area contributed by atoms with Crippen molar-refractivity contribution in [2.24, 2.45) is 7.05 Å². The third-order valence-electron chi connectivity index (χ3n) is 5.55. The zero-order chi connectivity index (χ0) is 21.5. The van der Waals surface area contributed by atoms with Gasteiger partial charge in [0.05, 0.1) is 33.2 Å². The molecule has 5 aromatic rings. The number of fused-ring (bicyclic) bond motifs is 2. The van der Waals surface area contributed by atoms with Crippen LogP contribution in [0.2, 0.25) is 0 Å². The predicted molar refractivity (Wildman–Crippen MR) is 120 cm³/mol. The summed E-state index contributed by atoms with van der Waals surface area (Å²) < 4.78 is 20.6. The highest BCUT2D eigenvalue weighted by Gasteiger charge is 2.18. The fourth-order valence-electron chi connectivity index (χ4n) is 3.99. The van der Waals surface area contributed by atoms with Crippen LogP contribution in [0.15, 0.2) is 61.2 Å². The Bertz CT molecular complexity index is 1390. The van der Waals surface area contributed by atoms with E-state index >= 15 is 0 Å². The van der Waals surface area contributed by atoms with Crippen LogP contribution >= 0.6 is 0 Å². The monoisotopic (exact) mass is 414 g/mol. The molecule has 7 heteroatoms. The molecule has 3 heterocycles. The van der Waals surface area contributed by atoms with Crippen molar-refractivity contribution in [2.75, 3.05) is 21.3 Å². The number of rotatable bonds is 5. The number of aryl methyl sites for hydroxylation is 1. The molecule has 0 saturated carbocycles. The van der Waals surface area contributed by atoms with Crippen molar-refractivity contribution in [1.29, 1.82) is 0 Å². The second kappa shape index (κ2) is 7.36. The van der Waals surface area contributed by atoms with E-state index in [0.717, 1.165) is 28.2 Å². The van der Waals surface area contributed by atoms with Gasteiger partial charge in [0.25, 0.3) is 0 Å². The van der Waals surface area contributed by atoms with E-state index in [4.69, 9.17) is 19.2 Å². The Morgan fingerprint density at radius 2 is 1.58 bits per heavy atom. The van der Waals surface area contributed by atoms with E-state index in [1.54, 1.807) is 27.5 Å². The van der Waals surface area contributed by atoms with Gasteiger partial charge in [-0.15, -0.1) is 0 Å². The van der Waals surface area contributed by atoms with E-state index < -0.39 is 0 Å². The van der Waals surface area contributed by atoms with E-state index in [1.807, 2.05) is 36.0 Å². The molecule has 0 aliphatic rings. The van der Waals surface area contributed by atoms with Gasteiger partial charge in [0.1, 0.15) is 5.69 Å². The molecule has 0 spiro atoms. The fraction of sp³-hybridized carbons (Fsp3) is 0.167. The van der Waals surface area contributed by atoms with Crippen molar-refractivity contribution >= 4 is 16.6 Å². The van der Waals surface area contributed by atoms with Crippen LogP contribution in [0.1, 0.15) is 0 Å². The van der Waals surface area contributed by atoms with Crippen molar-refractivity contribution < 1.29 is 14.2 Å². The summed E-state index contributed by atoms with van der Waals surface area (Å²) in [5.41, 5.74) is 5.60. The molecule has 0 bridgehead atoms. The molecule has 156 valence electrons. The van der Waals surface area contributed by atoms with Gasteiger partial charge in [0.15, 0.2) is 17.1 Å². The molecule has 31 heavy (non-hydrogen) atoms. The topological polar surface area (TPSA) is 62.8 Å². The summed E-state index contributed by atoms with van der Waals surface area (Å²) in [6.45, 7) is 0. The van der Waals surface area contributed by atoms with E-state index in [9.17, 15) is 0 Å². The number of hydrogen-bond donors (Lipinski definition) is 0. The van der Waals surface area contributed by atoms with Crippen molar-refractivity contribution in [3.63, 3.8) is 0 Å². The minimum Gasteiger partial charge on any atom is -0.493 e. The number of ether oxygens (including phenoxy) is 3. The van der Waals surface area contributed by atoms with Gasteiger partial charge >= 0.3 is 0 Å². The van der Waals surface area contributed by atoms with Crippen LogP contribution in [0.4, 0.5) is 0 Å². The van der Waals surface area contributed by atoms with Gasteiger partial charge in [-0.2, -0.15) is 0 Å². The minimum atomic E-state index is 0.557. The van der Waals surface area contributed by atoms with E-state index in [2.05, 4.69) is 40.0 Å². The summed E-state index contributed by atoms with van der Waals surface area (Å²) in [6, 6.07) is 12.3. The fourth-order valence-corrected chi connectivity index (χ4v) is 3.99. The Labute approximate surface area is 179 Å². The van der Waals surface area contributed by atoms with Crippen LogP contribution in [0, 0.1) is 0 Å². The molecule has 0 saturated heterocycles. The number of benzene rings is 2. The molecule has 0 atom stereocenters. The van der Waals surface area contributed by atoms with E-state index in [-0.39, 0.29) is 0 Å². The molecule has 0 amide bonds. The lowest BCUT2D eigenvalue weighted by Gasteiger charge is -2.14. The number of hydrogen-bond acceptors (Lipinski definition) is 5.